The summed E-state index contributed by atoms with van der Waals surface area (Å²) in [6, 6.07) is 33.1. The molecule has 0 aliphatic carbocycles. The standard InChI is InChI=1S/C34H25N3O5S/c38-30-18-31(24-9-3-1-4-10-24)42-32-17-28(14-15-29(30)32)41-21-33(39)37-35-19-23-8-7-13-27(16-23)40-20-26-22-43-34(36-26)25-11-5-2-6-12-25/h1-19,22H,20-21H2,(H,37,39)/b35-19+. The van der Waals surface area contributed by atoms with E-state index in [1.54, 1.807) is 29.5 Å². The molecule has 212 valence electrons. The van der Waals surface area contributed by atoms with Crippen LogP contribution >= 0.6 is 11.3 Å². The number of nitrogens with one attached hydrogen (secondary N) is 1. The molecule has 1 N–H and O–H groups in total. The molecule has 43 heavy (non-hydrogen) atoms. The maximum absolute atomic E-state index is 12.6. The molecule has 2 aromatic heterocycles. The van der Waals surface area contributed by atoms with Gasteiger partial charge >= 0.3 is 0 Å². The van der Waals surface area contributed by atoms with Crippen molar-refractivity contribution in [3.63, 3.8) is 0 Å². The van der Waals surface area contributed by atoms with E-state index in [1.165, 1.54) is 12.3 Å². The highest BCUT2D eigenvalue weighted by molar-refractivity contribution is 7.13. The minimum Gasteiger partial charge on any atom is -0.487 e. The number of ether oxygens (including phenoxy) is 2. The molecule has 0 saturated heterocycles. The number of amides is 1. The predicted molar refractivity (Wildman–Crippen MR) is 167 cm³/mol. The maximum atomic E-state index is 12.6. The molecule has 0 bridgehead atoms. The molecule has 2 heterocycles. The number of carbonyl (C=O) groups excluding carboxylic acids is 1. The van der Waals surface area contributed by atoms with Gasteiger partial charge in [0, 0.05) is 28.6 Å². The molecule has 0 spiro atoms. The van der Waals surface area contributed by atoms with Crippen LogP contribution in [0.15, 0.2) is 129 Å². The molecule has 0 unspecified atom stereocenters. The highest BCUT2D eigenvalue weighted by Gasteiger charge is 2.10. The van der Waals surface area contributed by atoms with Gasteiger partial charge in [0.1, 0.15) is 34.5 Å². The zero-order valence-corrected chi connectivity index (χ0v) is 23.6. The minimum atomic E-state index is -0.444. The van der Waals surface area contributed by atoms with E-state index < -0.39 is 5.91 Å². The molecule has 0 saturated carbocycles. The summed E-state index contributed by atoms with van der Waals surface area (Å²) >= 11 is 1.58. The quantitative estimate of drug-likeness (QED) is 0.141. The van der Waals surface area contributed by atoms with Crippen LogP contribution in [0.4, 0.5) is 0 Å². The third-order valence-corrected chi connectivity index (χ3v) is 7.29. The van der Waals surface area contributed by atoms with Crippen LogP contribution in [-0.4, -0.2) is 23.7 Å². The number of fused-ring (bicyclic) bond motifs is 1. The van der Waals surface area contributed by atoms with Gasteiger partial charge in [0.15, 0.2) is 12.0 Å². The second-order valence-electron chi connectivity index (χ2n) is 9.45. The van der Waals surface area contributed by atoms with Crippen molar-refractivity contribution in [2.75, 3.05) is 6.61 Å². The lowest BCUT2D eigenvalue weighted by atomic mass is 10.1. The highest BCUT2D eigenvalue weighted by atomic mass is 32.1. The first-order chi connectivity index (χ1) is 21.1. The Morgan fingerprint density at radius 3 is 2.44 bits per heavy atom. The number of thiazole rings is 1. The SMILES string of the molecule is O=C(COc1ccc2c(=O)cc(-c3ccccc3)oc2c1)N/N=C/c1cccc(OCc2csc(-c3ccccc3)n2)c1. The molecule has 0 aliphatic heterocycles. The van der Waals surface area contributed by atoms with Crippen LogP contribution in [0, 0.1) is 0 Å². The van der Waals surface area contributed by atoms with Crippen molar-refractivity contribution in [1.29, 1.82) is 0 Å². The van der Waals surface area contributed by atoms with Gasteiger partial charge in [-0.1, -0.05) is 72.8 Å². The molecule has 0 atom stereocenters. The molecule has 0 radical (unpaired) electrons. The molecule has 6 aromatic rings. The number of benzene rings is 4. The van der Waals surface area contributed by atoms with Gasteiger partial charge in [0.2, 0.25) is 0 Å². The monoisotopic (exact) mass is 587 g/mol. The third-order valence-electron chi connectivity index (χ3n) is 6.35. The summed E-state index contributed by atoms with van der Waals surface area (Å²) < 4.78 is 17.5. The molecule has 9 heteroatoms. The fourth-order valence-electron chi connectivity index (χ4n) is 4.26. The Bertz CT molecular complexity index is 1950. The van der Waals surface area contributed by atoms with Crippen molar-refractivity contribution in [3.05, 3.63) is 136 Å². The first kappa shape index (κ1) is 27.6. The number of rotatable bonds is 10. The highest BCUT2D eigenvalue weighted by Crippen LogP contribution is 2.26. The van der Waals surface area contributed by atoms with Crippen molar-refractivity contribution in [2.45, 2.75) is 6.61 Å². The van der Waals surface area contributed by atoms with Gasteiger partial charge in [-0.05, 0) is 29.8 Å². The summed E-state index contributed by atoms with van der Waals surface area (Å²) in [4.78, 5) is 29.6. The summed E-state index contributed by atoms with van der Waals surface area (Å²) in [5, 5.41) is 7.39. The molecule has 0 aliphatic rings. The van der Waals surface area contributed by atoms with Gasteiger partial charge in [0.25, 0.3) is 5.91 Å². The molecule has 8 nitrogen and oxygen atoms in total. The molecule has 1 amide bonds. The van der Waals surface area contributed by atoms with E-state index >= 15 is 0 Å². The van der Waals surface area contributed by atoms with E-state index in [-0.39, 0.29) is 12.0 Å². The van der Waals surface area contributed by atoms with Crippen molar-refractivity contribution in [3.8, 4) is 33.4 Å². The van der Waals surface area contributed by atoms with Crippen LogP contribution in [0.5, 0.6) is 11.5 Å². The Labute approximate surface area is 250 Å². The van der Waals surface area contributed by atoms with Gasteiger partial charge in [-0.2, -0.15) is 5.10 Å². The Kier molecular flexibility index (Phi) is 8.33. The first-order valence-corrected chi connectivity index (χ1v) is 14.3. The Morgan fingerprint density at radius 1 is 0.860 bits per heavy atom. The molecular formula is C34H25N3O5S. The molecule has 6 rings (SSSR count). The summed E-state index contributed by atoms with van der Waals surface area (Å²) in [7, 11) is 0. The van der Waals surface area contributed by atoms with Gasteiger partial charge in [-0.3, -0.25) is 9.59 Å². The van der Waals surface area contributed by atoms with E-state index in [9.17, 15) is 9.59 Å². The fraction of sp³-hybridized carbons (Fsp3) is 0.0588. The van der Waals surface area contributed by atoms with Crippen LogP contribution in [0.25, 0.3) is 32.9 Å². The van der Waals surface area contributed by atoms with E-state index in [2.05, 4.69) is 15.5 Å². The van der Waals surface area contributed by atoms with Crippen LogP contribution in [0.3, 0.4) is 0 Å². The lowest BCUT2D eigenvalue weighted by molar-refractivity contribution is -0.123. The number of carbonyl (C=O) groups is 1. The lowest BCUT2D eigenvalue weighted by Crippen LogP contribution is -2.24. The zero-order chi connectivity index (χ0) is 29.4. The minimum absolute atomic E-state index is 0.159. The van der Waals surface area contributed by atoms with Gasteiger partial charge < -0.3 is 13.9 Å². The summed E-state index contributed by atoms with van der Waals surface area (Å²) in [5.41, 5.74) is 6.13. The summed E-state index contributed by atoms with van der Waals surface area (Å²) in [6.45, 7) is 0.0664. The number of nitrogens with zero attached hydrogens (tertiary/aromatic N) is 2. The van der Waals surface area contributed by atoms with E-state index in [0.717, 1.165) is 27.4 Å². The maximum Gasteiger partial charge on any atom is 0.277 e. The van der Waals surface area contributed by atoms with Crippen LogP contribution in [0.1, 0.15) is 11.3 Å². The average molecular weight is 588 g/mol. The first-order valence-electron chi connectivity index (χ1n) is 13.4. The number of hydrogen-bond donors (Lipinski definition) is 1. The van der Waals surface area contributed by atoms with Crippen LogP contribution in [0.2, 0.25) is 0 Å². The lowest BCUT2D eigenvalue weighted by Gasteiger charge is -2.07. The predicted octanol–water partition coefficient (Wildman–Crippen LogP) is 6.69. The number of hydrazone groups is 1. The molecule has 0 fully saturated rings. The second-order valence-corrected chi connectivity index (χ2v) is 10.3. The number of hydrogen-bond acceptors (Lipinski definition) is 8. The average Bonchev–Trinajstić information content (AvgIpc) is 3.53. The zero-order valence-electron chi connectivity index (χ0n) is 22.8. The van der Waals surface area contributed by atoms with Crippen LogP contribution < -0.4 is 20.3 Å². The Balaban J connectivity index is 1.01. The van der Waals surface area contributed by atoms with E-state index in [4.69, 9.17) is 13.9 Å². The normalized spacial score (nSPS) is 11.1. The van der Waals surface area contributed by atoms with E-state index in [0.29, 0.717) is 34.8 Å². The van der Waals surface area contributed by atoms with Crippen molar-refractivity contribution >= 4 is 34.4 Å². The second kappa shape index (κ2) is 13.0. The van der Waals surface area contributed by atoms with Crippen molar-refractivity contribution in [2.24, 2.45) is 5.10 Å². The van der Waals surface area contributed by atoms with Crippen molar-refractivity contribution in [1.82, 2.24) is 10.4 Å². The van der Waals surface area contributed by atoms with Crippen LogP contribution in [-0.2, 0) is 11.4 Å². The molecule has 4 aromatic carbocycles. The largest absolute Gasteiger partial charge is 0.487 e. The van der Waals surface area contributed by atoms with Gasteiger partial charge in [-0.25, -0.2) is 10.4 Å². The third kappa shape index (κ3) is 7.03. The summed E-state index contributed by atoms with van der Waals surface area (Å²) in [6.07, 6.45) is 1.52. The Hall–Kier alpha value is -5.54. The summed E-state index contributed by atoms with van der Waals surface area (Å²) in [5.74, 6) is 1.06. The van der Waals surface area contributed by atoms with Gasteiger partial charge in [-0.15, -0.1) is 11.3 Å². The van der Waals surface area contributed by atoms with E-state index in [1.807, 2.05) is 90.3 Å². The fourth-order valence-corrected chi connectivity index (χ4v) is 5.07. The van der Waals surface area contributed by atoms with Crippen molar-refractivity contribution < 1.29 is 18.7 Å². The Morgan fingerprint density at radius 2 is 1.63 bits per heavy atom. The number of aromatic nitrogens is 1. The van der Waals surface area contributed by atoms with Gasteiger partial charge in [0.05, 0.1) is 17.3 Å². The molecular weight excluding hydrogens is 562 g/mol. The topological polar surface area (TPSA) is 103 Å². The smallest absolute Gasteiger partial charge is 0.277 e.